The first-order valence-corrected chi connectivity index (χ1v) is 7.18. The van der Waals surface area contributed by atoms with Crippen molar-refractivity contribution in [3.63, 3.8) is 0 Å². The number of benzene rings is 2. The largest absolute Gasteiger partial charge is 0.492 e. The summed E-state index contributed by atoms with van der Waals surface area (Å²) in [5, 5.41) is 21.0. The van der Waals surface area contributed by atoms with Crippen LogP contribution in [0, 0.1) is 5.92 Å². The minimum atomic E-state index is -1.57. The topological polar surface area (TPSA) is 58.9 Å². The van der Waals surface area contributed by atoms with Crippen molar-refractivity contribution in [1.29, 1.82) is 0 Å². The average molecular weight is 288 g/mol. The molecule has 5 heteroatoms. The summed E-state index contributed by atoms with van der Waals surface area (Å²) in [5.74, 6) is 0.970. The van der Waals surface area contributed by atoms with Crippen LogP contribution in [0.25, 0.3) is 10.8 Å². The van der Waals surface area contributed by atoms with Gasteiger partial charge in [0.05, 0.1) is 6.61 Å². The molecule has 0 aliphatic heterocycles. The van der Waals surface area contributed by atoms with Gasteiger partial charge >= 0.3 is 7.12 Å². The first-order valence-electron chi connectivity index (χ1n) is 7.18. The molecule has 0 saturated carbocycles. The Balaban J connectivity index is 2.10. The maximum absolute atomic E-state index is 9.62. The lowest BCUT2D eigenvalue weighted by molar-refractivity contribution is 0.0821. The number of fused-ring (bicyclic) bond motifs is 1. The molecule has 4 nitrogen and oxygen atoms in total. The van der Waals surface area contributed by atoms with Gasteiger partial charge in [-0.25, -0.2) is 0 Å². The first kappa shape index (κ1) is 15.8. The van der Waals surface area contributed by atoms with Crippen LogP contribution in [0.2, 0.25) is 0 Å². The molecular formula is C16H21BO4. The standard InChI is InChI=1S/C16H21BO4/c1-12(2)11-20-9-10-21-15-8-7-13-5-3-4-6-14(13)16(15)17(18)19/h3-8,12,18-19H,9-11H2,1-2H3. The minimum absolute atomic E-state index is 0.380. The van der Waals surface area contributed by atoms with Crippen molar-refractivity contribution in [3.8, 4) is 5.75 Å². The van der Waals surface area contributed by atoms with Gasteiger partial charge in [-0.2, -0.15) is 0 Å². The third-order valence-corrected chi connectivity index (χ3v) is 3.13. The zero-order valence-corrected chi connectivity index (χ0v) is 12.5. The molecule has 0 fully saturated rings. The molecule has 112 valence electrons. The van der Waals surface area contributed by atoms with Gasteiger partial charge in [-0.1, -0.05) is 44.2 Å². The lowest BCUT2D eigenvalue weighted by Gasteiger charge is -2.14. The van der Waals surface area contributed by atoms with Crippen molar-refractivity contribution in [2.45, 2.75) is 13.8 Å². The SMILES string of the molecule is CC(C)COCCOc1ccc2ccccc2c1B(O)O. The van der Waals surface area contributed by atoms with Crippen molar-refractivity contribution in [2.24, 2.45) is 5.92 Å². The summed E-state index contributed by atoms with van der Waals surface area (Å²) in [4.78, 5) is 0. The van der Waals surface area contributed by atoms with E-state index in [0.717, 1.165) is 10.8 Å². The van der Waals surface area contributed by atoms with Gasteiger partial charge in [-0.15, -0.1) is 0 Å². The molecule has 2 aromatic rings. The first-order chi connectivity index (χ1) is 10.1. The van der Waals surface area contributed by atoms with Gasteiger partial charge in [-0.3, -0.25) is 0 Å². The lowest BCUT2D eigenvalue weighted by Crippen LogP contribution is -2.32. The van der Waals surface area contributed by atoms with Gasteiger partial charge in [0, 0.05) is 12.1 Å². The smallest absolute Gasteiger partial charge is 0.492 e. The zero-order valence-electron chi connectivity index (χ0n) is 12.5. The summed E-state index contributed by atoms with van der Waals surface area (Å²) in [5.41, 5.74) is 0.400. The second-order valence-corrected chi connectivity index (χ2v) is 5.39. The Labute approximate surface area is 125 Å². The van der Waals surface area contributed by atoms with Crippen molar-refractivity contribution < 1.29 is 19.5 Å². The van der Waals surface area contributed by atoms with E-state index in [-0.39, 0.29) is 0 Å². The molecule has 0 aliphatic rings. The molecule has 21 heavy (non-hydrogen) atoms. The summed E-state index contributed by atoms with van der Waals surface area (Å²) < 4.78 is 11.1. The highest BCUT2D eigenvalue weighted by atomic mass is 16.5. The Kier molecular flexibility index (Phi) is 5.62. The molecule has 0 radical (unpaired) electrons. The van der Waals surface area contributed by atoms with Crippen LogP contribution in [0.5, 0.6) is 5.75 Å². The van der Waals surface area contributed by atoms with Crippen LogP contribution in [0.15, 0.2) is 36.4 Å². The number of hydrogen-bond acceptors (Lipinski definition) is 4. The third kappa shape index (κ3) is 4.20. The minimum Gasteiger partial charge on any atom is -0.492 e. The van der Waals surface area contributed by atoms with E-state index < -0.39 is 7.12 Å². The van der Waals surface area contributed by atoms with Crippen molar-refractivity contribution >= 4 is 23.4 Å². The second kappa shape index (κ2) is 7.45. The molecule has 0 spiro atoms. The van der Waals surface area contributed by atoms with Gasteiger partial charge in [0.2, 0.25) is 0 Å². The highest BCUT2D eigenvalue weighted by Crippen LogP contribution is 2.19. The number of ether oxygens (including phenoxy) is 2. The van der Waals surface area contributed by atoms with Crippen molar-refractivity contribution in [2.75, 3.05) is 19.8 Å². The number of rotatable bonds is 7. The molecule has 0 saturated heterocycles. The predicted molar refractivity (Wildman–Crippen MR) is 84.9 cm³/mol. The van der Waals surface area contributed by atoms with E-state index in [1.165, 1.54) is 0 Å². The summed E-state index contributed by atoms with van der Waals surface area (Å²) in [6, 6.07) is 11.2. The van der Waals surface area contributed by atoms with Crippen LogP contribution in [0.3, 0.4) is 0 Å². The van der Waals surface area contributed by atoms with Crippen LogP contribution < -0.4 is 10.2 Å². The number of hydrogen-bond donors (Lipinski definition) is 2. The Morgan fingerprint density at radius 1 is 1.05 bits per heavy atom. The van der Waals surface area contributed by atoms with Crippen LogP contribution in [-0.4, -0.2) is 37.0 Å². The van der Waals surface area contributed by atoms with E-state index in [0.29, 0.717) is 37.0 Å². The Hall–Kier alpha value is -1.56. The van der Waals surface area contributed by atoms with Gasteiger partial charge in [-0.05, 0) is 22.8 Å². The normalized spacial score (nSPS) is 11.1. The van der Waals surface area contributed by atoms with E-state index >= 15 is 0 Å². The molecule has 0 unspecified atom stereocenters. The van der Waals surface area contributed by atoms with E-state index in [9.17, 15) is 10.0 Å². The molecule has 0 amide bonds. The van der Waals surface area contributed by atoms with Crippen molar-refractivity contribution in [1.82, 2.24) is 0 Å². The molecule has 2 N–H and O–H groups in total. The maximum atomic E-state index is 9.62. The van der Waals surface area contributed by atoms with Crippen LogP contribution >= 0.6 is 0 Å². The molecule has 0 aliphatic carbocycles. The van der Waals surface area contributed by atoms with Gasteiger partial charge in [0.15, 0.2) is 0 Å². The second-order valence-electron chi connectivity index (χ2n) is 5.39. The summed E-state index contributed by atoms with van der Waals surface area (Å²) in [7, 11) is -1.57. The van der Waals surface area contributed by atoms with Crippen molar-refractivity contribution in [3.05, 3.63) is 36.4 Å². The third-order valence-electron chi connectivity index (χ3n) is 3.13. The molecule has 0 aromatic heterocycles. The van der Waals surface area contributed by atoms with Crippen LogP contribution in [-0.2, 0) is 4.74 Å². The fourth-order valence-corrected chi connectivity index (χ4v) is 2.20. The monoisotopic (exact) mass is 288 g/mol. The van der Waals surface area contributed by atoms with E-state index in [1.54, 1.807) is 6.07 Å². The highest BCUT2D eigenvalue weighted by Gasteiger charge is 2.20. The Morgan fingerprint density at radius 2 is 1.81 bits per heavy atom. The fraction of sp³-hybridized carbons (Fsp3) is 0.375. The Morgan fingerprint density at radius 3 is 2.52 bits per heavy atom. The van der Waals surface area contributed by atoms with Crippen LogP contribution in [0.1, 0.15) is 13.8 Å². The van der Waals surface area contributed by atoms with Gasteiger partial charge < -0.3 is 19.5 Å². The zero-order chi connectivity index (χ0) is 15.2. The lowest BCUT2D eigenvalue weighted by atomic mass is 9.76. The molecular weight excluding hydrogens is 267 g/mol. The van der Waals surface area contributed by atoms with E-state index in [1.807, 2.05) is 30.3 Å². The van der Waals surface area contributed by atoms with E-state index in [4.69, 9.17) is 9.47 Å². The molecule has 0 heterocycles. The van der Waals surface area contributed by atoms with Gasteiger partial charge in [0.1, 0.15) is 12.4 Å². The maximum Gasteiger partial charge on any atom is 0.492 e. The van der Waals surface area contributed by atoms with E-state index in [2.05, 4.69) is 13.8 Å². The highest BCUT2D eigenvalue weighted by molar-refractivity contribution is 6.63. The molecule has 0 atom stereocenters. The summed E-state index contributed by atoms with van der Waals surface area (Å²) >= 11 is 0. The summed E-state index contributed by atoms with van der Waals surface area (Å²) in [6.45, 7) is 5.72. The fourth-order valence-electron chi connectivity index (χ4n) is 2.20. The molecule has 2 rings (SSSR count). The quantitative estimate of drug-likeness (QED) is 0.600. The van der Waals surface area contributed by atoms with Gasteiger partial charge in [0.25, 0.3) is 0 Å². The Bertz CT molecular complexity index is 583. The van der Waals surface area contributed by atoms with Crippen LogP contribution in [0.4, 0.5) is 0 Å². The average Bonchev–Trinajstić information content (AvgIpc) is 2.45. The predicted octanol–water partition coefficient (Wildman–Crippen LogP) is 1.57. The summed E-state index contributed by atoms with van der Waals surface area (Å²) in [6.07, 6.45) is 0. The molecule has 0 bridgehead atoms. The molecule has 2 aromatic carbocycles.